The smallest absolute Gasteiger partial charge is 0.224 e. The average molecular weight is 466 g/mol. The van der Waals surface area contributed by atoms with E-state index in [1.807, 2.05) is 37.4 Å². The van der Waals surface area contributed by atoms with Gasteiger partial charge in [-0.2, -0.15) is 0 Å². The van der Waals surface area contributed by atoms with E-state index in [-0.39, 0.29) is 39.8 Å². The fourth-order valence-corrected chi connectivity index (χ4v) is 5.54. The molecule has 1 aliphatic rings. The van der Waals surface area contributed by atoms with Crippen LogP contribution in [0.3, 0.4) is 0 Å². The van der Waals surface area contributed by atoms with Crippen molar-refractivity contribution in [2.24, 2.45) is 0 Å². The highest BCUT2D eigenvalue weighted by atomic mass is 32.1. The Morgan fingerprint density at radius 2 is 1.85 bits per heavy atom. The van der Waals surface area contributed by atoms with Crippen LogP contribution < -0.4 is 10.7 Å². The first kappa shape index (κ1) is 23.0. The van der Waals surface area contributed by atoms with Crippen LogP contribution in [0.15, 0.2) is 44.4 Å². The van der Waals surface area contributed by atoms with Gasteiger partial charge in [-0.15, -0.1) is 11.3 Å². The molecule has 0 spiro atoms. The number of benzene rings is 1. The van der Waals surface area contributed by atoms with Crippen molar-refractivity contribution in [1.82, 2.24) is 0 Å². The van der Waals surface area contributed by atoms with Gasteiger partial charge < -0.3 is 14.8 Å². The Morgan fingerprint density at radius 3 is 2.48 bits per heavy atom. The zero-order chi connectivity index (χ0) is 23.9. The van der Waals surface area contributed by atoms with Gasteiger partial charge in [0.05, 0.1) is 5.41 Å². The molecule has 0 radical (unpaired) electrons. The summed E-state index contributed by atoms with van der Waals surface area (Å²) in [6.45, 7) is 7.38. The van der Waals surface area contributed by atoms with Crippen molar-refractivity contribution in [2.75, 3.05) is 5.32 Å². The Kier molecular flexibility index (Phi) is 6.01. The van der Waals surface area contributed by atoms with Crippen LogP contribution in [0.2, 0.25) is 0 Å². The molecule has 3 aromatic rings. The van der Waals surface area contributed by atoms with Gasteiger partial charge in [0.25, 0.3) is 0 Å². The summed E-state index contributed by atoms with van der Waals surface area (Å²) in [5, 5.41) is 16.4. The molecule has 0 aliphatic heterocycles. The van der Waals surface area contributed by atoms with Crippen molar-refractivity contribution < 1.29 is 19.1 Å². The third-order valence-electron chi connectivity index (χ3n) is 6.62. The number of rotatable bonds is 6. The molecule has 0 unspecified atom stereocenters. The summed E-state index contributed by atoms with van der Waals surface area (Å²) in [5.41, 5.74) is 0.379. The lowest BCUT2D eigenvalue weighted by Crippen LogP contribution is -2.41. The van der Waals surface area contributed by atoms with Crippen molar-refractivity contribution in [3.63, 3.8) is 0 Å². The van der Waals surface area contributed by atoms with Crippen LogP contribution in [-0.2, 0) is 15.0 Å². The van der Waals surface area contributed by atoms with Crippen molar-refractivity contribution in [2.45, 2.75) is 58.8 Å². The lowest BCUT2D eigenvalue weighted by molar-refractivity contribution is -0.122. The topological polar surface area (TPSA) is 96.6 Å². The van der Waals surface area contributed by atoms with Crippen molar-refractivity contribution in [3.8, 4) is 11.3 Å². The second kappa shape index (κ2) is 8.63. The number of hydrogen-bond acceptors (Lipinski definition) is 6. The summed E-state index contributed by atoms with van der Waals surface area (Å²) in [6, 6.07) is 7.00. The lowest BCUT2D eigenvalue weighted by atomic mass is 9.68. The molecule has 2 aromatic heterocycles. The first-order valence-electron chi connectivity index (χ1n) is 11.3. The number of anilines is 1. The number of thiophene rings is 1. The van der Waals surface area contributed by atoms with Crippen LogP contribution in [0, 0.1) is 0 Å². The molecule has 1 amide bonds. The molecule has 6 nitrogen and oxygen atoms in total. The number of hydrogen-bond donors (Lipinski definition) is 2. The second-order valence-electron chi connectivity index (χ2n) is 8.24. The van der Waals surface area contributed by atoms with Gasteiger partial charge in [-0.1, -0.05) is 27.7 Å². The zero-order valence-electron chi connectivity index (χ0n) is 19.2. The molecule has 0 atom stereocenters. The minimum Gasteiger partial charge on any atom is -0.507 e. The SMILES string of the molecule is CCC(=O)Nc1ccc2scc(-c3cc(=O)c4c(o3)C(CC)(CC)C(=O)C(CC)=C4O)c2c1. The molecule has 0 saturated heterocycles. The number of ketones is 1. The number of allylic oxidation sites excluding steroid dienone is 1. The van der Waals surface area contributed by atoms with Gasteiger partial charge >= 0.3 is 0 Å². The normalized spacial score (nSPS) is 15.1. The van der Waals surface area contributed by atoms with Gasteiger partial charge in [-0.25, -0.2) is 0 Å². The van der Waals surface area contributed by atoms with Gasteiger partial charge in [0.1, 0.15) is 22.8 Å². The number of aliphatic hydroxyl groups excluding tert-OH is 1. The van der Waals surface area contributed by atoms with Gasteiger partial charge in [-0.3, -0.25) is 14.4 Å². The van der Waals surface area contributed by atoms with Crippen LogP contribution >= 0.6 is 11.3 Å². The largest absolute Gasteiger partial charge is 0.507 e. The van der Waals surface area contributed by atoms with Gasteiger partial charge in [0.15, 0.2) is 11.2 Å². The molecular formula is C26H27NO5S. The maximum atomic E-state index is 13.4. The summed E-state index contributed by atoms with van der Waals surface area (Å²) in [6.07, 6.45) is 1.62. The van der Waals surface area contributed by atoms with E-state index in [9.17, 15) is 19.5 Å². The molecule has 4 rings (SSSR count). The van der Waals surface area contributed by atoms with E-state index in [2.05, 4.69) is 5.32 Å². The van der Waals surface area contributed by atoms with Gasteiger partial charge in [0, 0.05) is 44.8 Å². The summed E-state index contributed by atoms with van der Waals surface area (Å²) in [4.78, 5) is 38.5. The van der Waals surface area contributed by atoms with Crippen LogP contribution in [0.5, 0.6) is 0 Å². The third-order valence-corrected chi connectivity index (χ3v) is 7.58. The molecule has 0 saturated carbocycles. The van der Waals surface area contributed by atoms with E-state index in [4.69, 9.17) is 4.42 Å². The molecule has 1 aromatic carbocycles. The maximum absolute atomic E-state index is 13.4. The summed E-state index contributed by atoms with van der Waals surface area (Å²) in [5.74, 6) is 0.0463. The average Bonchev–Trinajstić information content (AvgIpc) is 3.23. The van der Waals surface area contributed by atoms with Crippen LogP contribution in [0.4, 0.5) is 5.69 Å². The molecule has 0 bridgehead atoms. The predicted molar refractivity (Wildman–Crippen MR) is 132 cm³/mol. The molecule has 1 aliphatic carbocycles. The van der Waals surface area contributed by atoms with Crippen LogP contribution in [0.1, 0.15) is 64.7 Å². The number of fused-ring (bicyclic) bond motifs is 2. The fourth-order valence-electron chi connectivity index (χ4n) is 4.61. The Balaban J connectivity index is 1.96. The van der Waals surface area contributed by atoms with Crippen molar-refractivity contribution in [1.29, 1.82) is 0 Å². The highest BCUT2D eigenvalue weighted by Crippen LogP contribution is 2.45. The minimum atomic E-state index is -0.992. The number of aliphatic hydroxyl groups is 1. The number of carbonyl (C=O) groups excluding carboxylic acids is 2. The predicted octanol–water partition coefficient (Wildman–Crippen LogP) is 6.19. The lowest BCUT2D eigenvalue weighted by Gasteiger charge is -2.35. The number of amides is 1. The van der Waals surface area contributed by atoms with Crippen LogP contribution in [-0.4, -0.2) is 16.8 Å². The van der Waals surface area contributed by atoms with E-state index in [1.165, 1.54) is 17.4 Å². The molecule has 2 heterocycles. The molecule has 172 valence electrons. The summed E-state index contributed by atoms with van der Waals surface area (Å²) in [7, 11) is 0. The third kappa shape index (κ3) is 3.51. The van der Waals surface area contributed by atoms with E-state index < -0.39 is 5.41 Å². The van der Waals surface area contributed by atoms with Crippen molar-refractivity contribution >= 4 is 44.6 Å². The first-order chi connectivity index (χ1) is 15.8. The first-order valence-corrected chi connectivity index (χ1v) is 12.2. The molecular weight excluding hydrogens is 438 g/mol. The Labute approximate surface area is 195 Å². The quantitative estimate of drug-likeness (QED) is 0.452. The van der Waals surface area contributed by atoms with E-state index in [1.54, 1.807) is 13.8 Å². The summed E-state index contributed by atoms with van der Waals surface area (Å²) < 4.78 is 7.29. The Bertz CT molecular complexity index is 1360. The molecule has 33 heavy (non-hydrogen) atoms. The van der Waals surface area contributed by atoms with Gasteiger partial charge in [-0.05, 0) is 37.5 Å². The zero-order valence-corrected chi connectivity index (χ0v) is 20.0. The highest BCUT2D eigenvalue weighted by Gasteiger charge is 2.48. The number of Topliss-reactive ketones (excluding diaryl/α,β-unsaturated/α-hetero) is 1. The molecule has 7 heteroatoms. The van der Waals surface area contributed by atoms with E-state index in [0.29, 0.717) is 42.7 Å². The Morgan fingerprint density at radius 1 is 1.12 bits per heavy atom. The monoisotopic (exact) mass is 465 g/mol. The fraction of sp³-hybridized carbons (Fsp3) is 0.346. The minimum absolute atomic E-state index is 0.0883. The van der Waals surface area contributed by atoms with Crippen molar-refractivity contribution in [3.05, 3.63) is 56.8 Å². The van der Waals surface area contributed by atoms with E-state index in [0.717, 1.165) is 10.1 Å². The summed E-state index contributed by atoms with van der Waals surface area (Å²) >= 11 is 1.50. The molecule has 0 fully saturated rings. The second-order valence-corrected chi connectivity index (χ2v) is 9.15. The van der Waals surface area contributed by atoms with Gasteiger partial charge in [0.2, 0.25) is 5.91 Å². The Hall–Kier alpha value is -3.19. The number of nitrogens with one attached hydrogen (secondary N) is 1. The van der Waals surface area contributed by atoms with Crippen LogP contribution in [0.25, 0.3) is 27.2 Å². The standard InChI is InChI=1S/C26H27NO5S/c1-5-15-23(30)22-18(28)12-19(32-25(22)26(7-3,8-4)24(15)31)17-13-33-20-10-9-14(11-16(17)20)27-21(29)6-2/h9-13,30H,5-8H2,1-4H3,(H,27,29). The maximum Gasteiger partial charge on any atom is 0.224 e. The molecule has 2 N–H and O–H groups in total. The number of carbonyl (C=O) groups is 2. The van der Waals surface area contributed by atoms with E-state index >= 15 is 0 Å². The highest BCUT2D eigenvalue weighted by molar-refractivity contribution is 7.17.